The number of aryl methyl sites for hydroxylation is 1. The summed E-state index contributed by atoms with van der Waals surface area (Å²) >= 11 is 0. The Hall–Kier alpha value is -2.04. The van der Waals surface area contributed by atoms with Crippen LogP contribution >= 0.6 is 0 Å². The molecule has 0 aliphatic heterocycles. The molecule has 0 unspecified atom stereocenters. The number of carbonyl (C=O) groups excluding carboxylic acids is 1. The molecule has 1 amide bonds. The van der Waals surface area contributed by atoms with Gasteiger partial charge >= 0.3 is 5.97 Å². The van der Waals surface area contributed by atoms with Crippen molar-refractivity contribution in [2.45, 2.75) is 26.3 Å². The van der Waals surface area contributed by atoms with Crippen molar-refractivity contribution in [3.05, 3.63) is 29.8 Å². The van der Waals surface area contributed by atoms with Crippen molar-refractivity contribution in [3.8, 4) is 5.75 Å². The number of aliphatic carboxylic acids is 1. The molecule has 1 rings (SSSR count). The van der Waals surface area contributed by atoms with Crippen molar-refractivity contribution in [1.82, 2.24) is 5.32 Å². The minimum atomic E-state index is -1.30. The van der Waals surface area contributed by atoms with E-state index in [1.807, 2.05) is 19.1 Å². The van der Waals surface area contributed by atoms with Crippen LogP contribution in [-0.4, -0.2) is 29.1 Å². The molecule has 1 aromatic rings. The van der Waals surface area contributed by atoms with E-state index >= 15 is 0 Å². The predicted molar refractivity (Wildman–Crippen MR) is 66.5 cm³/mol. The molecule has 0 heterocycles. The molecule has 18 heavy (non-hydrogen) atoms. The van der Waals surface area contributed by atoms with E-state index in [9.17, 15) is 9.59 Å². The van der Waals surface area contributed by atoms with Crippen molar-refractivity contribution in [2.24, 2.45) is 0 Å². The highest BCUT2D eigenvalue weighted by atomic mass is 16.5. The van der Waals surface area contributed by atoms with E-state index in [4.69, 9.17) is 9.84 Å². The van der Waals surface area contributed by atoms with Crippen LogP contribution in [0.4, 0.5) is 0 Å². The van der Waals surface area contributed by atoms with Gasteiger partial charge in [-0.1, -0.05) is 18.2 Å². The second-order valence-electron chi connectivity index (χ2n) is 4.53. The fourth-order valence-electron chi connectivity index (χ4n) is 1.30. The van der Waals surface area contributed by atoms with Gasteiger partial charge in [0.1, 0.15) is 11.3 Å². The lowest BCUT2D eigenvalue weighted by molar-refractivity contribution is -0.146. The Labute approximate surface area is 106 Å². The van der Waals surface area contributed by atoms with E-state index in [1.54, 1.807) is 12.1 Å². The molecule has 0 atom stereocenters. The molecule has 0 bridgehead atoms. The largest absolute Gasteiger partial charge is 0.484 e. The van der Waals surface area contributed by atoms with Crippen LogP contribution in [0.3, 0.4) is 0 Å². The number of carboxylic acid groups (broad SMARTS) is 1. The molecule has 98 valence electrons. The van der Waals surface area contributed by atoms with E-state index in [0.717, 1.165) is 5.56 Å². The van der Waals surface area contributed by atoms with Gasteiger partial charge in [-0.15, -0.1) is 0 Å². The number of nitrogens with one attached hydrogen (secondary N) is 1. The van der Waals surface area contributed by atoms with Gasteiger partial charge < -0.3 is 15.2 Å². The molecule has 0 spiro atoms. The third-order valence-corrected chi connectivity index (χ3v) is 2.44. The smallest absolute Gasteiger partial charge is 0.328 e. The minimum absolute atomic E-state index is 0.207. The van der Waals surface area contributed by atoms with Gasteiger partial charge in [-0.25, -0.2) is 4.79 Å². The molecule has 2 N–H and O–H groups in total. The van der Waals surface area contributed by atoms with Crippen molar-refractivity contribution in [2.75, 3.05) is 6.61 Å². The molecule has 0 fully saturated rings. The summed E-state index contributed by atoms with van der Waals surface area (Å²) in [4.78, 5) is 22.4. The summed E-state index contributed by atoms with van der Waals surface area (Å²) in [5.74, 6) is -0.946. The van der Waals surface area contributed by atoms with Crippen LogP contribution in [0.2, 0.25) is 0 Å². The topological polar surface area (TPSA) is 75.6 Å². The Morgan fingerprint density at radius 2 is 1.94 bits per heavy atom. The van der Waals surface area contributed by atoms with Crippen molar-refractivity contribution >= 4 is 11.9 Å². The Bertz CT molecular complexity index is 454. The fourth-order valence-corrected chi connectivity index (χ4v) is 1.30. The lowest BCUT2D eigenvalue weighted by Gasteiger charge is -2.21. The number of amides is 1. The number of hydrogen-bond donors (Lipinski definition) is 2. The summed E-state index contributed by atoms with van der Waals surface area (Å²) in [6.07, 6.45) is 0. The first-order valence-electron chi connectivity index (χ1n) is 5.56. The monoisotopic (exact) mass is 251 g/mol. The Kier molecular flexibility index (Phi) is 4.31. The van der Waals surface area contributed by atoms with Crippen LogP contribution in [0.15, 0.2) is 24.3 Å². The lowest BCUT2D eigenvalue weighted by Crippen LogP contribution is -2.51. The Balaban J connectivity index is 2.53. The number of carbonyl (C=O) groups is 2. The molecule has 0 saturated carbocycles. The maximum Gasteiger partial charge on any atom is 0.328 e. The van der Waals surface area contributed by atoms with Gasteiger partial charge in [-0.2, -0.15) is 0 Å². The fraction of sp³-hybridized carbons (Fsp3) is 0.385. The zero-order chi connectivity index (χ0) is 13.8. The first-order valence-corrected chi connectivity index (χ1v) is 5.56. The average molecular weight is 251 g/mol. The molecule has 0 aliphatic carbocycles. The zero-order valence-electron chi connectivity index (χ0n) is 10.7. The van der Waals surface area contributed by atoms with E-state index in [2.05, 4.69) is 5.32 Å². The quantitative estimate of drug-likeness (QED) is 0.828. The Morgan fingerprint density at radius 3 is 2.50 bits per heavy atom. The van der Waals surface area contributed by atoms with E-state index in [-0.39, 0.29) is 6.61 Å². The number of carboxylic acids is 1. The molecule has 5 nitrogen and oxygen atoms in total. The van der Waals surface area contributed by atoms with Gasteiger partial charge in [-0.3, -0.25) is 4.79 Å². The minimum Gasteiger partial charge on any atom is -0.484 e. The normalized spacial score (nSPS) is 10.8. The summed E-state index contributed by atoms with van der Waals surface area (Å²) in [6.45, 7) is 4.50. The van der Waals surface area contributed by atoms with Crippen molar-refractivity contribution in [3.63, 3.8) is 0 Å². The highest BCUT2D eigenvalue weighted by Gasteiger charge is 2.28. The van der Waals surface area contributed by atoms with E-state index < -0.39 is 17.4 Å². The molecular formula is C13H17NO4. The first-order chi connectivity index (χ1) is 8.33. The third-order valence-electron chi connectivity index (χ3n) is 2.44. The lowest BCUT2D eigenvalue weighted by atomic mass is 10.1. The third kappa shape index (κ3) is 3.76. The molecule has 0 aromatic heterocycles. The van der Waals surface area contributed by atoms with Gasteiger partial charge in [0, 0.05) is 0 Å². The van der Waals surface area contributed by atoms with Crippen LogP contribution < -0.4 is 10.1 Å². The molecule has 1 aromatic carbocycles. The number of benzene rings is 1. The van der Waals surface area contributed by atoms with Crippen LogP contribution in [0.5, 0.6) is 5.75 Å². The first kappa shape index (κ1) is 14.0. The van der Waals surface area contributed by atoms with Crippen molar-refractivity contribution < 1.29 is 19.4 Å². The van der Waals surface area contributed by atoms with Gasteiger partial charge in [0.15, 0.2) is 6.61 Å². The van der Waals surface area contributed by atoms with E-state index in [0.29, 0.717) is 5.75 Å². The van der Waals surface area contributed by atoms with Crippen LogP contribution in [-0.2, 0) is 9.59 Å². The summed E-state index contributed by atoms with van der Waals surface area (Å²) in [6, 6.07) is 7.30. The van der Waals surface area contributed by atoms with Crippen LogP contribution in [0, 0.1) is 6.92 Å². The predicted octanol–water partition coefficient (Wildman–Crippen LogP) is 1.35. The van der Waals surface area contributed by atoms with Crippen LogP contribution in [0.25, 0.3) is 0 Å². The maximum absolute atomic E-state index is 11.5. The second kappa shape index (κ2) is 5.53. The highest BCUT2D eigenvalue weighted by molar-refractivity contribution is 5.86. The van der Waals surface area contributed by atoms with Gasteiger partial charge in [0.25, 0.3) is 5.91 Å². The molecule has 0 aliphatic rings. The number of hydrogen-bond acceptors (Lipinski definition) is 3. The summed E-state index contributed by atoms with van der Waals surface area (Å²) in [5, 5.41) is 11.2. The SMILES string of the molecule is Cc1ccccc1OCC(=O)NC(C)(C)C(=O)O. The van der Waals surface area contributed by atoms with Crippen molar-refractivity contribution in [1.29, 1.82) is 0 Å². The van der Waals surface area contributed by atoms with E-state index in [1.165, 1.54) is 13.8 Å². The molecule has 5 heteroatoms. The van der Waals surface area contributed by atoms with Gasteiger partial charge in [-0.05, 0) is 32.4 Å². The van der Waals surface area contributed by atoms with Crippen LogP contribution in [0.1, 0.15) is 19.4 Å². The zero-order valence-corrected chi connectivity index (χ0v) is 10.7. The molecular weight excluding hydrogens is 234 g/mol. The van der Waals surface area contributed by atoms with Gasteiger partial charge in [0.05, 0.1) is 0 Å². The maximum atomic E-state index is 11.5. The molecule has 0 saturated heterocycles. The second-order valence-corrected chi connectivity index (χ2v) is 4.53. The van der Waals surface area contributed by atoms with Gasteiger partial charge in [0.2, 0.25) is 0 Å². The highest BCUT2D eigenvalue weighted by Crippen LogP contribution is 2.15. The standard InChI is InChI=1S/C13H17NO4/c1-9-6-4-5-7-10(9)18-8-11(15)14-13(2,3)12(16)17/h4-7H,8H2,1-3H3,(H,14,15)(H,16,17). The number of para-hydroxylation sites is 1. The average Bonchev–Trinajstić information content (AvgIpc) is 2.27. The number of rotatable bonds is 5. The summed E-state index contributed by atoms with van der Waals surface area (Å²) in [7, 11) is 0. The summed E-state index contributed by atoms with van der Waals surface area (Å²) in [5.41, 5.74) is -0.380. The molecule has 0 radical (unpaired) electrons. The number of ether oxygens (including phenoxy) is 1. The Morgan fingerprint density at radius 1 is 1.33 bits per heavy atom. The summed E-state index contributed by atoms with van der Waals surface area (Å²) < 4.78 is 5.32.